The Kier molecular flexibility index (Phi) is 3.88. The fraction of sp³-hybridized carbons (Fsp3) is 0.417. The third-order valence-corrected chi connectivity index (χ3v) is 2.74. The number of nitrogens with one attached hydrogen (secondary N) is 2. The molecule has 6 heteroatoms. The van der Waals surface area contributed by atoms with Crippen molar-refractivity contribution < 1.29 is 14.3 Å². The maximum Gasteiger partial charge on any atom is 0.319 e. The average Bonchev–Trinajstić information content (AvgIpc) is 2.82. The zero-order chi connectivity index (χ0) is 13.0. The van der Waals surface area contributed by atoms with Crippen LogP contribution in [-0.4, -0.2) is 32.4 Å². The molecule has 6 nitrogen and oxygen atoms in total. The molecule has 1 unspecified atom stereocenters. The first-order valence-corrected chi connectivity index (χ1v) is 5.78. The summed E-state index contributed by atoms with van der Waals surface area (Å²) in [6.07, 6.45) is 0.835. The lowest BCUT2D eigenvalue weighted by Crippen LogP contribution is -2.38. The quantitative estimate of drug-likeness (QED) is 0.704. The van der Waals surface area contributed by atoms with E-state index in [9.17, 15) is 4.79 Å². The Morgan fingerprint density at radius 3 is 3.06 bits per heavy atom. The Morgan fingerprint density at radius 1 is 1.56 bits per heavy atom. The van der Waals surface area contributed by atoms with Crippen LogP contribution in [0.4, 0.5) is 16.2 Å². The van der Waals surface area contributed by atoms with Crippen LogP contribution in [0, 0.1) is 0 Å². The van der Waals surface area contributed by atoms with Gasteiger partial charge in [0.2, 0.25) is 0 Å². The largest absolute Gasteiger partial charge is 0.495 e. The molecule has 18 heavy (non-hydrogen) atoms. The molecule has 2 rings (SSSR count). The minimum atomic E-state index is -0.283. The third kappa shape index (κ3) is 3.04. The molecule has 0 saturated carbocycles. The number of hydrogen-bond donors (Lipinski definition) is 3. The van der Waals surface area contributed by atoms with E-state index in [0.717, 1.165) is 6.42 Å². The average molecular weight is 251 g/mol. The highest BCUT2D eigenvalue weighted by Crippen LogP contribution is 2.26. The molecule has 1 aliphatic heterocycles. The minimum absolute atomic E-state index is 0.0667. The van der Waals surface area contributed by atoms with Crippen LogP contribution in [0.2, 0.25) is 0 Å². The molecule has 1 atom stereocenters. The normalized spacial score (nSPS) is 18.4. The summed E-state index contributed by atoms with van der Waals surface area (Å²) in [6, 6.07) is 4.87. The lowest BCUT2D eigenvalue weighted by molar-refractivity contribution is 0.189. The molecule has 0 aliphatic carbocycles. The molecule has 2 amide bonds. The van der Waals surface area contributed by atoms with Crippen molar-refractivity contribution in [3.8, 4) is 5.75 Å². The monoisotopic (exact) mass is 251 g/mol. The zero-order valence-electron chi connectivity index (χ0n) is 10.2. The maximum absolute atomic E-state index is 11.8. The fourth-order valence-electron chi connectivity index (χ4n) is 1.82. The van der Waals surface area contributed by atoms with E-state index < -0.39 is 0 Å². The fourth-order valence-corrected chi connectivity index (χ4v) is 1.82. The first-order valence-electron chi connectivity index (χ1n) is 5.78. The molecule has 1 fully saturated rings. The van der Waals surface area contributed by atoms with Crippen LogP contribution < -0.4 is 21.1 Å². The number of benzene rings is 1. The van der Waals surface area contributed by atoms with E-state index in [4.69, 9.17) is 15.2 Å². The summed E-state index contributed by atoms with van der Waals surface area (Å²) in [5.74, 6) is 0.571. The highest BCUT2D eigenvalue weighted by atomic mass is 16.5. The van der Waals surface area contributed by atoms with Crippen molar-refractivity contribution in [2.24, 2.45) is 0 Å². The summed E-state index contributed by atoms with van der Waals surface area (Å²) < 4.78 is 10.3. The summed E-state index contributed by atoms with van der Waals surface area (Å²) in [4.78, 5) is 11.8. The van der Waals surface area contributed by atoms with Crippen molar-refractivity contribution in [1.82, 2.24) is 5.32 Å². The molecule has 1 heterocycles. The number of carbonyl (C=O) groups excluding carboxylic acids is 1. The number of methoxy groups -OCH3 is 1. The summed E-state index contributed by atoms with van der Waals surface area (Å²) in [5.41, 5.74) is 6.79. The molecule has 0 radical (unpaired) electrons. The van der Waals surface area contributed by atoms with Gasteiger partial charge in [-0.25, -0.2) is 4.79 Å². The number of ether oxygens (including phenoxy) is 2. The highest BCUT2D eigenvalue weighted by Gasteiger charge is 2.18. The molecular weight excluding hydrogens is 234 g/mol. The van der Waals surface area contributed by atoms with E-state index in [2.05, 4.69) is 10.6 Å². The van der Waals surface area contributed by atoms with Gasteiger partial charge in [0.1, 0.15) is 5.75 Å². The molecule has 1 aromatic carbocycles. The van der Waals surface area contributed by atoms with E-state index in [1.54, 1.807) is 25.3 Å². The van der Waals surface area contributed by atoms with Crippen LogP contribution in [0.5, 0.6) is 5.75 Å². The SMILES string of the molecule is COc1ccc(N)cc1NC(=O)NC1CCOC1. The number of urea groups is 1. The van der Waals surface area contributed by atoms with Crippen LogP contribution in [0.25, 0.3) is 0 Å². The van der Waals surface area contributed by atoms with Crippen molar-refractivity contribution in [1.29, 1.82) is 0 Å². The van der Waals surface area contributed by atoms with E-state index >= 15 is 0 Å². The number of amides is 2. The highest BCUT2D eigenvalue weighted by molar-refractivity contribution is 5.91. The van der Waals surface area contributed by atoms with E-state index in [1.165, 1.54) is 0 Å². The van der Waals surface area contributed by atoms with E-state index in [0.29, 0.717) is 30.3 Å². The van der Waals surface area contributed by atoms with Crippen molar-refractivity contribution >= 4 is 17.4 Å². The molecule has 0 aromatic heterocycles. The van der Waals surface area contributed by atoms with Crippen LogP contribution in [-0.2, 0) is 4.74 Å². The van der Waals surface area contributed by atoms with E-state index in [-0.39, 0.29) is 12.1 Å². The van der Waals surface area contributed by atoms with Gasteiger partial charge in [-0.3, -0.25) is 0 Å². The Labute approximate surface area is 105 Å². The maximum atomic E-state index is 11.8. The van der Waals surface area contributed by atoms with Gasteiger partial charge >= 0.3 is 6.03 Å². The molecule has 0 bridgehead atoms. The van der Waals surface area contributed by atoms with Crippen LogP contribution in [0.15, 0.2) is 18.2 Å². The topological polar surface area (TPSA) is 85.6 Å². The van der Waals surface area contributed by atoms with Gasteiger partial charge < -0.3 is 25.8 Å². The number of nitrogens with two attached hydrogens (primary N) is 1. The van der Waals surface area contributed by atoms with Crippen molar-refractivity contribution in [2.75, 3.05) is 31.4 Å². The Hall–Kier alpha value is -1.95. The first-order chi connectivity index (χ1) is 8.69. The predicted octanol–water partition coefficient (Wildman–Crippen LogP) is 1.19. The number of rotatable bonds is 3. The zero-order valence-corrected chi connectivity index (χ0v) is 10.2. The lowest BCUT2D eigenvalue weighted by Gasteiger charge is -2.14. The summed E-state index contributed by atoms with van der Waals surface area (Å²) in [7, 11) is 1.54. The van der Waals surface area contributed by atoms with Gasteiger partial charge in [0.05, 0.1) is 25.4 Å². The smallest absolute Gasteiger partial charge is 0.319 e. The second-order valence-electron chi connectivity index (χ2n) is 4.12. The molecule has 1 aliphatic rings. The van der Waals surface area contributed by atoms with Gasteiger partial charge in [-0.15, -0.1) is 0 Å². The number of carbonyl (C=O) groups is 1. The van der Waals surface area contributed by atoms with Crippen molar-refractivity contribution in [3.63, 3.8) is 0 Å². The molecule has 1 saturated heterocycles. The third-order valence-electron chi connectivity index (χ3n) is 2.74. The number of anilines is 2. The van der Waals surface area contributed by atoms with Gasteiger partial charge in [0.25, 0.3) is 0 Å². The predicted molar refractivity (Wildman–Crippen MR) is 68.8 cm³/mol. The van der Waals surface area contributed by atoms with Gasteiger partial charge in [-0.2, -0.15) is 0 Å². The van der Waals surface area contributed by atoms with Crippen LogP contribution >= 0.6 is 0 Å². The van der Waals surface area contributed by atoms with Crippen LogP contribution in [0.3, 0.4) is 0 Å². The van der Waals surface area contributed by atoms with Gasteiger partial charge in [0, 0.05) is 12.3 Å². The Morgan fingerprint density at radius 2 is 2.39 bits per heavy atom. The number of nitrogen functional groups attached to an aromatic ring is 1. The molecule has 4 N–H and O–H groups in total. The Balaban J connectivity index is 1.99. The van der Waals surface area contributed by atoms with Crippen molar-refractivity contribution in [2.45, 2.75) is 12.5 Å². The van der Waals surface area contributed by atoms with Gasteiger partial charge in [-0.05, 0) is 24.6 Å². The molecule has 1 aromatic rings. The molecular formula is C12H17N3O3. The molecule has 0 spiro atoms. The summed E-state index contributed by atoms with van der Waals surface area (Å²) >= 11 is 0. The molecule has 98 valence electrons. The first kappa shape index (κ1) is 12.5. The summed E-state index contributed by atoms with van der Waals surface area (Å²) in [6.45, 7) is 1.24. The van der Waals surface area contributed by atoms with Crippen LogP contribution in [0.1, 0.15) is 6.42 Å². The standard InChI is InChI=1S/C12H17N3O3/c1-17-11-3-2-8(13)6-10(11)15-12(16)14-9-4-5-18-7-9/h2-3,6,9H,4-5,7,13H2,1H3,(H2,14,15,16). The van der Waals surface area contributed by atoms with Gasteiger partial charge in [-0.1, -0.05) is 0 Å². The second kappa shape index (κ2) is 5.59. The van der Waals surface area contributed by atoms with Crippen molar-refractivity contribution in [3.05, 3.63) is 18.2 Å². The second-order valence-corrected chi connectivity index (χ2v) is 4.12. The van der Waals surface area contributed by atoms with E-state index in [1.807, 2.05) is 0 Å². The van der Waals surface area contributed by atoms with Gasteiger partial charge in [0.15, 0.2) is 0 Å². The number of hydrogen-bond acceptors (Lipinski definition) is 4. The lowest BCUT2D eigenvalue weighted by atomic mass is 10.2. The Bertz CT molecular complexity index is 431. The minimum Gasteiger partial charge on any atom is -0.495 e. The summed E-state index contributed by atoms with van der Waals surface area (Å²) in [5, 5.41) is 5.55.